The number of aromatic amines is 1. The summed E-state index contributed by atoms with van der Waals surface area (Å²) < 4.78 is 5.37. The van der Waals surface area contributed by atoms with Crippen molar-refractivity contribution >= 4 is 34.6 Å². The van der Waals surface area contributed by atoms with E-state index in [1.807, 2.05) is 29.2 Å². The Balaban J connectivity index is 1.13. The number of unbranched alkanes of at least 4 members (excludes halogenated alkanes) is 1. The van der Waals surface area contributed by atoms with Gasteiger partial charge >= 0.3 is 6.09 Å². The smallest absolute Gasteiger partial charge is 0.409 e. The zero-order valence-corrected chi connectivity index (χ0v) is 20.3. The number of nitrogens with one attached hydrogen (secondary N) is 2. The lowest BCUT2D eigenvalue weighted by atomic mass is 9.72. The Hall–Kier alpha value is -3.36. The van der Waals surface area contributed by atoms with Crippen molar-refractivity contribution in [3.8, 4) is 0 Å². The maximum absolute atomic E-state index is 12.2. The molecular weight excluding hydrogens is 442 g/mol. The van der Waals surface area contributed by atoms with Crippen LogP contribution in [0.5, 0.6) is 0 Å². The van der Waals surface area contributed by atoms with Crippen molar-refractivity contribution in [3.05, 3.63) is 36.0 Å². The molecule has 3 aliphatic rings. The van der Waals surface area contributed by atoms with Crippen molar-refractivity contribution in [2.24, 2.45) is 5.41 Å². The third-order valence-electron chi connectivity index (χ3n) is 7.59. The molecule has 2 saturated heterocycles. The molecule has 9 heteroatoms. The molecule has 1 spiro atoms. The van der Waals surface area contributed by atoms with Crippen molar-refractivity contribution in [3.63, 3.8) is 0 Å². The summed E-state index contributed by atoms with van der Waals surface area (Å²) in [6.45, 7) is 5.96. The number of hydrogen-bond donors (Lipinski definition) is 2. The van der Waals surface area contributed by atoms with E-state index in [1.54, 1.807) is 0 Å². The number of benzene rings is 1. The van der Waals surface area contributed by atoms with Crippen LogP contribution in [0.3, 0.4) is 0 Å². The Labute approximate surface area is 205 Å². The van der Waals surface area contributed by atoms with Gasteiger partial charge in [0.25, 0.3) is 0 Å². The number of likely N-dealkylation sites (tertiary alicyclic amines) is 1. The molecule has 1 saturated carbocycles. The minimum absolute atomic E-state index is 0.164. The highest BCUT2D eigenvalue weighted by atomic mass is 16.6. The van der Waals surface area contributed by atoms with E-state index in [2.05, 4.69) is 33.4 Å². The minimum Gasteiger partial charge on any atom is -0.449 e. The lowest BCUT2D eigenvalue weighted by Gasteiger charge is -2.53. The van der Waals surface area contributed by atoms with E-state index in [4.69, 9.17) is 14.7 Å². The summed E-state index contributed by atoms with van der Waals surface area (Å²) in [4.78, 5) is 26.2. The standard InChI is InChI=1S/C26H33N7O2/c1-2-3-14-35-25(34)33-16-26(17-33)10-12-32(13-11-26)24-27-20-7-5-4-6-19(20)23(29-24)28-22-15-21(30-31-22)18-8-9-18/h4-7,15,18H,2-3,8-14,16-17H2,1H3,(H2,27,28,29,30,31). The van der Waals surface area contributed by atoms with Crippen LogP contribution in [0.1, 0.15) is 57.1 Å². The molecule has 2 N–H and O–H groups in total. The van der Waals surface area contributed by atoms with E-state index in [1.165, 1.54) is 18.5 Å². The molecule has 2 aliphatic heterocycles. The Morgan fingerprint density at radius 2 is 2.00 bits per heavy atom. The number of ether oxygens (including phenoxy) is 1. The Morgan fingerprint density at radius 3 is 2.77 bits per heavy atom. The maximum atomic E-state index is 12.2. The van der Waals surface area contributed by atoms with E-state index < -0.39 is 0 Å². The molecule has 3 aromatic rings. The molecule has 6 rings (SSSR count). The lowest BCUT2D eigenvalue weighted by molar-refractivity contribution is -0.0181. The number of aromatic nitrogens is 4. The van der Waals surface area contributed by atoms with E-state index in [-0.39, 0.29) is 11.5 Å². The van der Waals surface area contributed by atoms with E-state index in [9.17, 15) is 4.79 Å². The maximum Gasteiger partial charge on any atom is 0.409 e. The number of H-pyrrole nitrogens is 1. The molecule has 0 unspecified atom stereocenters. The first kappa shape index (κ1) is 22.1. The molecule has 0 bridgehead atoms. The summed E-state index contributed by atoms with van der Waals surface area (Å²) in [5.41, 5.74) is 2.31. The third-order valence-corrected chi connectivity index (χ3v) is 7.59. The van der Waals surface area contributed by atoms with Crippen LogP contribution in [0.2, 0.25) is 0 Å². The number of carbonyl (C=O) groups excluding carboxylic acids is 1. The van der Waals surface area contributed by atoms with Crippen LogP contribution in [0.25, 0.3) is 10.9 Å². The average Bonchev–Trinajstić information content (AvgIpc) is 3.61. The van der Waals surface area contributed by atoms with Crippen LogP contribution in [0, 0.1) is 5.41 Å². The second-order valence-corrected chi connectivity index (χ2v) is 10.3. The summed E-state index contributed by atoms with van der Waals surface area (Å²) in [5, 5.41) is 12.0. The van der Waals surface area contributed by atoms with Gasteiger partial charge in [0.05, 0.1) is 12.1 Å². The summed E-state index contributed by atoms with van der Waals surface area (Å²) >= 11 is 0. The monoisotopic (exact) mass is 475 g/mol. The second-order valence-electron chi connectivity index (χ2n) is 10.3. The SMILES string of the molecule is CCCCOC(=O)N1CC2(CCN(c3nc(Nc4cc(C5CC5)[nH]n4)c4ccccc4n3)CC2)C1. The second kappa shape index (κ2) is 9.02. The Bertz CT molecular complexity index is 1210. The Morgan fingerprint density at radius 1 is 1.20 bits per heavy atom. The van der Waals surface area contributed by atoms with E-state index in [0.29, 0.717) is 12.5 Å². The van der Waals surface area contributed by atoms with Gasteiger partial charge in [0.2, 0.25) is 5.95 Å². The number of rotatable bonds is 7. The van der Waals surface area contributed by atoms with Crippen LogP contribution in [0.4, 0.5) is 22.4 Å². The highest BCUT2D eigenvalue weighted by Gasteiger charge is 2.47. The first-order valence-corrected chi connectivity index (χ1v) is 12.9. The molecule has 1 aromatic carbocycles. The molecule has 1 aliphatic carbocycles. The van der Waals surface area contributed by atoms with Gasteiger partial charge in [-0.25, -0.2) is 9.78 Å². The van der Waals surface area contributed by atoms with Gasteiger partial charge in [-0.15, -0.1) is 0 Å². The normalized spacial score (nSPS) is 19.1. The minimum atomic E-state index is -0.164. The number of amides is 1. The zero-order valence-electron chi connectivity index (χ0n) is 20.3. The first-order chi connectivity index (χ1) is 17.1. The Kier molecular flexibility index (Phi) is 5.70. The summed E-state index contributed by atoms with van der Waals surface area (Å²) in [6, 6.07) is 10.2. The molecule has 9 nitrogen and oxygen atoms in total. The lowest BCUT2D eigenvalue weighted by Crippen LogP contribution is -2.62. The number of hydrogen-bond acceptors (Lipinski definition) is 7. The number of para-hydroxylation sites is 1. The topological polar surface area (TPSA) is 99.3 Å². The van der Waals surface area contributed by atoms with Gasteiger partial charge in [0.1, 0.15) is 5.82 Å². The van der Waals surface area contributed by atoms with Gasteiger partial charge in [0, 0.05) is 54.7 Å². The van der Waals surface area contributed by atoms with E-state index in [0.717, 1.165) is 80.3 Å². The van der Waals surface area contributed by atoms with Gasteiger partial charge in [-0.05, 0) is 44.2 Å². The molecule has 2 aromatic heterocycles. The van der Waals surface area contributed by atoms with Crippen LogP contribution in [-0.4, -0.2) is 63.9 Å². The molecule has 0 atom stereocenters. The first-order valence-electron chi connectivity index (χ1n) is 12.9. The van der Waals surface area contributed by atoms with Gasteiger partial charge in [-0.1, -0.05) is 25.5 Å². The van der Waals surface area contributed by atoms with Crippen molar-refractivity contribution < 1.29 is 9.53 Å². The predicted molar refractivity (Wildman–Crippen MR) is 135 cm³/mol. The van der Waals surface area contributed by atoms with Gasteiger partial charge in [-0.3, -0.25) is 5.10 Å². The highest BCUT2D eigenvalue weighted by Crippen LogP contribution is 2.42. The zero-order chi connectivity index (χ0) is 23.8. The third kappa shape index (κ3) is 4.51. The number of carbonyl (C=O) groups is 1. The fourth-order valence-electron chi connectivity index (χ4n) is 5.21. The van der Waals surface area contributed by atoms with Gasteiger partial charge < -0.3 is 19.9 Å². The predicted octanol–water partition coefficient (Wildman–Crippen LogP) is 4.81. The quantitative estimate of drug-likeness (QED) is 0.473. The van der Waals surface area contributed by atoms with Gasteiger partial charge in [0.15, 0.2) is 5.82 Å². The number of nitrogens with zero attached hydrogens (tertiary/aromatic N) is 5. The van der Waals surface area contributed by atoms with Crippen LogP contribution >= 0.6 is 0 Å². The van der Waals surface area contributed by atoms with E-state index >= 15 is 0 Å². The summed E-state index contributed by atoms with van der Waals surface area (Å²) in [6.07, 6.45) is 6.30. The molecule has 1 amide bonds. The highest BCUT2D eigenvalue weighted by molar-refractivity contribution is 5.91. The molecular formula is C26H33N7O2. The average molecular weight is 476 g/mol. The molecule has 4 heterocycles. The number of anilines is 3. The number of fused-ring (bicyclic) bond motifs is 1. The van der Waals surface area contributed by atoms with Crippen LogP contribution in [0.15, 0.2) is 30.3 Å². The fourth-order valence-corrected chi connectivity index (χ4v) is 5.21. The summed E-state index contributed by atoms with van der Waals surface area (Å²) in [7, 11) is 0. The molecule has 3 fully saturated rings. The van der Waals surface area contributed by atoms with Crippen molar-refractivity contribution in [2.45, 2.75) is 51.4 Å². The van der Waals surface area contributed by atoms with Gasteiger partial charge in [-0.2, -0.15) is 10.1 Å². The largest absolute Gasteiger partial charge is 0.449 e. The van der Waals surface area contributed by atoms with Crippen LogP contribution < -0.4 is 10.2 Å². The molecule has 35 heavy (non-hydrogen) atoms. The fraction of sp³-hybridized carbons (Fsp3) is 0.538. The van der Waals surface area contributed by atoms with Crippen molar-refractivity contribution in [2.75, 3.05) is 43.0 Å². The van der Waals surface area contributed by atoms with Crippen molar-refractivity contribution in [1.29, 1.82) is 0 Å². The number of piperidine rings is 1. The molecule has 184 valence electrons. The molecule has 0 radical (unpaired) electrons. The van der Waals surface area contributed by atoms with Crippen molar-refractivity contribution in [1.82, 2.24) is 25.1 Å². The summed E-state index contributed by atoms with van der Waals surface area (Å²) in [5.74, 6) is 2.94. The van der Waals surface area contributed by atoms with Crippen LogP contribution in [-0.2, 0) is 4.74 Å².